The molecular weight excluding hydrogens is 264 g/mol. The Labute approximate surface area is 116 Å². The van der Waals surface area contributed by atoms with Gasteiger partial charge in [0.05, 0.1) is 11.0 Å². The summed E-state index contributed by atoms with van der Waals surface area (Å²) >= 11 is 0. The van der Waals surface area contributed by atoms with Crippen molar-refractivity contribution >= 4 is 17.5 Å². The lowest BCUT2D eigenvalue weighted by molar-refractivity contribution is -0.385. The van der Waals surface area contributed by atoms with Crippen LogP contribution in [0.5, 0.6) is 0 Å². The third kappa shape index (κ3) is 2.78. The van der Waals surface area contributed by atoms with Gasteiger partial charge in [-0.05, 0) is 19.8 Å². The first-order chi connectivity index (χ1) is 9.56. The number of methoxy groups -OCH3 is 1. The topological polar surface area (TPSA) is 119 Å². The first-order valence-electron chi connectivity index (χ1n) is 6.34. The fourth-order valence-electron chi connectivity index (χ4n) is 2.35. The molecule has 0 atom stereocenters. The minimum atomic E-state index is -0.451. The molecule has 0 aromatic carbocycles. The molecule has 0 unspecified atom stereocenters. The number of aromatic nitrogens is 2. The third-order valence-electron chi connectivity index (χ3n) is 3.43. The maximum atomic E-state index is 11.2. The lowest BCUT2D eigenvalue weighted by Gasteiger charge is -2.31. The number of hydrazine groups is 1. The fraction of sp³-hybridized carbons (Fsp3) is 0.636. The molecule has 9 heteroatoms. The van der Waals surface area contributed by atoms with Gasteiger partial charge in [0.25, 0.3) is 0 Å². The molecule has 1 aromatic rings. The van der Waals surface area contributed by atoms with Crippen LogP contribution in [0.3, 0.4) is 0 Å². The van der Waals surface area contributed by atoms with E-state index in [1.54, 1.807) is 14.0 Å². The molecule has 110 valence electrons. The molecular formula is C11H18N6O3. The van der Waals surface area contributed by atoms with Crippen LogP contribution in [0, 0.1) is 17.0 Å². The van der Waals surface area contributed by atoms with Gasteiger partial charge in [-0.15, -0.1) is 0 Å². The molecule has 2 heterocycles. The van der Waals surface area contributed by atoms with Gasteiger partial charge in [0.15, 0.2) is 0 Å². The monoisotopic (exact) mass is 282 g/mol. The molecule has 1 aliphatic heterocycles. The number of aryl methyl sites for hydroxylation is 1. The van der Waals surface area contributed by atoms with Gasteiger partial charge in [-0.25, -0.2) is 10.8 Å². The molecule has 1 aromatic heterocycles. The number of anilines is 2. The van der Waals surface area contributed by atoms with Gasteiger partial charge >= 0.3 is 5.69 Å². The molecule has 1 saturated heterocycles. The Balaban J connectivity index is 2.34. The number of nitrogens with zero attached hydrogens (tertiary/aromatic N) is 4. The number of piperidine rings is 1. The molecule has 0 bridgehead atoms. The van der Waals surface area contributed by atoms with Crippen molar-refractivity contribution in [3.05, 3.63) is 15.8 Å². The highest BCUT2D eigenvalue weighted by Gasteiger charge is 2.29. The smallest absolute Gasteiger partial charge is 0.332 e. The molecule has 2 rings (SSSR count). The van der Waals surface area contributed by atoms with Gasteiger partial charge in [-0.3, -0.25) is 15.5 Å². The van der Waals surface area contributed by atoms with Crippen LogP contribution in [-0.2, 0) is 4.74 Å². The van der Waals surface area contributed by atoms with Crippen molar-refractivity contribution in [2.75, 3.05) is 30.5 Å². The van der Waals surface area contributed by atoms with Gasteiger partial charge in [0.1, 0.15) is 5.69 Å². The van der Waals surface area contributed by atoms with Crippen LogP contribution < -0.4 is 16.2 Å². The zero-order valence-electron chi connectivity index (χ0n) is 11.5. The molecule has 20 heavy (non-hydrogen) atoms. The molecule has 1 aliphatic rings. The minimum absolute atomic E-state index is 0.0696. The van der Waals surface area contributed by atoms with Crippen molar-refractivity contribution in [1.29, 1.82) is 0 Å². The second-order valence-corrected chi connectivity index (χ2v) is 4.63. The van der Waals surface area contributed by atoms with Crippen LogP contribution in [0.2, 0.25) is 0 Å². The molecule has 3 N–H and O–H groups in total. The Morgan fingerprint density at radius 3 is 2.60 bits per heavy atom. The Bertz CT molecular complexity index is 501. The van der Waals surface area contributed by atoms with Gasteiger partial charge < -0.3 is 9.64 Å². The van der Waals surface area contributed by atoms with Crippen LogP contribution in [0.1, 0.15) is 18.5 Å². The van der Waals surface area contributed by atoms with E-state index in [0.717, 1.165) is 12.8 Å². The molecule has 0 spiro atoms. The van der Waals surface area contributed by atoms with E-state index in [0.29, 0.717) is 24.6 Å². The van der Waals surface area contributed by atoms with Crippen molar-refractivity contribution in [3.63, 3.8) is 0 Å². The second-order valence-electron chi connectivity index (χ2n) is 4.63. The van der Waals surface area contributed by atoms with Crippen molar-refractivity contribution in [2.24, 2.45) is 5.84 Å². The van der Waals surface area contributed by atoms with E-state index in [1.807, 2.05) is 4.90 Å². The number of hydrogen-bond donors (Lipinski definition) is 2. The van der Waals surface area contributed by atoms with Crippen LogP contribution in [0.25, 0.3) is 0 Å². The largest absolute Gasteiger partial charge is 0.381 e. The van der Waals surface area contributed by atoms with E-state index < -0.39 is 4.92 Å². The Morgan fingerprint density at radius 1 is 1.45 bits per heavy atom. The fourth-order valence-corrected chi connectivity index (χ4v) is 2.35. The zero-order valence-corrected chi connectivity index (χ0v) is 11.5. The summed E-state index contributed by atoms with van der Waals surface area (Å²) in [6, 6.07) is 0. The summed E-state index contributed by atoms with van der Waals surface area (Å²) in [5, 5.41) is 11.2. The summed E-state index contributed by atoms with van der Waals surface area (Å²) in [6.45, 7) is 2.88. The van der Waals surface area contributed by atoms with Crippen molar-refractivity contribution in [1.82, 2.24) is 9.97 Å². The zero-order chi connectivity index (χ0) is 14.7. The number of rotatable bonds is 4. The molecule has 1 fully saturated rings. The van der Waals surface area contributed by atoms with Crippen LogP contribution in [0.4, 0.5) is 17.5 Å². The number of nitrogens with two attached hydrogens (primary N) is 1. The van der Waals surface area contributed by atoms with Gasteiger partial charge in [0, 0.05) is 20.2 Å². The van der Waals surface area contributed by atoms with E-state index in [1.165, 1.54) is 0 Å². The summed E-state index contributed by atoms with van der Waals surface area (Å²) < 4.78 is 5.30. The highest BCUT2D eigenvalue weighted by molar-refractivity contribution is 5.62. The molecule has 0 saturated carbocycles. The summed E-state index contributed by atoms with van der Waals surface area (Å²) in [4.78, 5) is 20.8. The summed E-state index contributed by atoms with van der Waals surface area (Å²) in [6.07, 6.45) is 1.81. The second kappa shape index (κ2) is 5.97. The van der Waals surface area contributed by atoms with Gasteiger partial charge in [-0.1, -0.05) is 0 Å². The van der Waals surface area contributed by atoms with Crippen molar-refractivity contribution < 1.29 is 9.66 Å². The summed E-state index contributed by atoms with van der Waals surface area (Å²) in [7, 11) is 1.67. The van der Waals surface area contributed by atoms with E-state index >= 15 is 0 Å². The molecule has 0 radical (unpaired) electrons. The number of ether oxygens (including phenoxy) is 1. The van der Waals surface area contributed by atoms with E-state index in [2.05, 4.69) is 15.4 Å². The van der Waals surface area contributed by atoms with E-state index in [4.69, 9.17) is 10.6 Å². The van der Waals surface area contributed by atoms with Crippen molar-refractivity contribution in [3.8, 4) is 0 Å². The maximum Gasteiger partial charge on any atom is 0.332 e. The molecule has 9 nitrogen and oxygen atoms in total. The SMILES string of the molecule is COC1CCN(c2nc(NN)nc(C)c2[N+](=O)[O-])CC1. The van der Waals surface area contributed by atoms with Crippen LogP contribution >= 0.6 is 0 Å². The Hall–Kier alpha value is -2.00. The molecule has 0 amide bonds. The third-order valence-corrected chi connectivity index (χ3v) is 3.43. The predicted octanol–water partition coefficient (Wildman–Crippen LogP) is 0.594. The highest BCUT2D eigenvalue weighted by atomic mass is 16.6. The maximum absolute atomic E-state index is 11.2. The first-order valence-corrected chi connectivity index (χ1v) is 6.34. The van der Waals surface area contributed by atoms with Crippen LogP contribution in [0.15, 0.2) is 0 Å². The lowest BCUT2D eigenvalue weighted by Crippen LogP contribution is -2.37. The quantitative estimate of drug-likeness (QED) is 0.468. The Kier molecular flexibility index (Phi) is 4.30. The average molecular weight is 282 g/mol. The van der Waals surface area contributed by atoms with Gasteiger partial charge in [0.2, 0.25) is 11.8 Å². The highest BCUT2D eigenvalue weighted by Crippen LogP contribution is 2.31. The predicted molar refractivity (Wildman–Crippen MR) is 73.5 cm³/mol. The average Bonchev–Trinajstić information content (AvgIpc) is 2.46. The van der Waals surface area contributed by atoms with E-state index in [-0.39, 0.29) is 17.7 Å². The van der Waals surface area contributed by atoms with Crippen molar-refractivity contribution in [2.45, 2.75) is 25.9 Å². The lowest BCUT2D eigenvalue weighted by atomic mass is 10.1. The number of nitro groups is 1. The first kappa shape index (κ1) is 14.4. The minimum Gasteiger partial charge on any atom is -0.381 e. The van der Waals surface area contributed by atoms with Gasteiger partial charge in [-0.2, -0.15) is 4.98 Å². The van der Waals surface area contributed by atoms with E-state index in [9.17, 15) is 10.1 Å². The number of nitrogens with one attached hydrogen (secondary N) is 1. The Morgan fingerprint density at radius 2 is 2.10 bits per heavy atom. The summed E-state index contributed by atoms with van der Waals surface area (Å²) in [5.41, 5.74) is 2.56. The molecule has 0 aliphatic carbocycles. The number of hydrogen-bond acceptors (Lipinski definition) is 8. The van der Waals surface area contributed by atoms with Crippen LogP contribution in [-0.4, -0.2) is 41.2 Å². The normalized spacial score (nSPS) is 16.2. The number of nitrogen functional groups attached to an aromatic ring is 1. The summed E-state index contributed by atoms with van der Waals surface area (Å²) in [5.74, 6) is 5.79. The standard InChI is InChI=1S/C11H18N6O3/c1-7-9(17(18)19)10(14-11(13-7)15-12)16-5-3-8(20-2)4-6-16/h8H,3-6,12H2,1-2H3,(H,13,14,15).